The van der Waals surface area contributed by atoms with Gasteiger partial charge in [0, 0.05) is 14.1 Å². The number of carbonyl (C=O) groups is 2. The van der Waals surface area contributed by atoms with E-state index in [9.17, 15) is 18.0 Å². The molecule has 9 heteroatoms. The lowest BCUT2D eigenvalue weighted by molar-refractivity contribution is -0.139. The largest absolute Gasteiger partial charge is 0.480 e. The maximum atomic E-state index is 12.0. The van der Waals surface area contributed by atoms with Crippen LogP contribution in [0.5, 0.6) is 0 Å². The van der Waals surface area contributed by atoms with E-state index in [0.29, 0.717) is 0 Å². The third-order valence-electron chi connectivity index (χ3n) is 2.85. The highest BCUT2D eigenvalue weighted by atomic mass is 32.2. The van der Waals surface area contributed by atoms with Gasteiger partial charge in [-0.05, 0) is 24.5 Å². The quantitative estimate of drug-likeness (QED) is 0.761. The zero-order valence-corrected chi connectivity index (χ0v) is 13.7. The van der Waals surface area contributed by atoms with Gasteiger partial charge in [0.05, 0.1) is 0 Å². The van der Waals surface area contributed by atoms with Crippen LogP contribution in [0, 0.1) is 5.92 Å². The molecule has 1 amide bonds. The van der Waals surface area contributed by atoms with Gasteiger partial charge in [-0.15, -0.1) is 0 Å². The molecular weight excluding hydrogens is 312 g/mol. The van der Waals surface area contributed by atoms with Crippen molar-refractivity contribution in [2.75, 3.05) is 14.1 Å². The lowest BCUT2D eigenvalue weighted by atomic mass is 10.0. The van der Waals surface area contributed by atoms with Gasteiger partial charge in [0.1, 0.15) is 6.04 Å². The smallest absolute Gasteiger partial charge is 0.326 e. The van der Waals surface area contributed by atoms with Crippen molar-refractivity contribution in [3.8, 4) is 0 Å². The van der Waals surface area contributed by atoms with E-state index >= 15 is 0 Å². The zero-order chi connectivity index (χ0) is 17.1. The minimum Gasteiger partial charge on any atom is -0.480 e. The number of carboxylic acids is 1. The molecular formula is C13H20N2O6S. The number of furan rings is 1. The summed E-state index contributed by atoms with van der Waals surface area (Å²) >= 11 is 0. The van der Waals surface area contributed by atoms with E-state index in [1.807, 2.05) is 13.8 Å². The zero-order valence-electron chi connectivity index (χ0n) is 12.9. The number of hydrogen-bond donors (Lipinski definition) is 2. The van der Waals surface area contributed by atoms with Crippen molar-refractivity contribution in [3.63, 3.8) is 0 Å². The van der Waals surface area contributed by atoms with Crippen molar-refractivity contribution in [3.05, 3.63) is 17.9 Å². The van der Waals surface area contributed by atoms with E-state index < -0.39 is 27.9 Å². The number of rotatable bonds is 7. The number of nitrogens with zero attached hydrogens (tertiary/aromatic N) is 1. The molecule has 0 aliphatic heterocycles. The highest BCUT2D eigenvalue weighted by Crippen LogP contribution is 2.17. The molecule has 0 aliphatic rings. The molecule has 0 aliphatic carbocycles. The van der Waals surface area contributed by atoms with Crippen LogP contribution < -0.4 is 5.32 Å². The first-order valence-electron chi connectivity index (χ1n) is 6.61. The Morgan fingerprint density at radius 3 is 2.36 bits per heavy atom. The summed E-state index contributed by atoms with van der Waals surface area (Å²) in [6.45, 7) is 3.66. The van der Waals surface area contributed by atoms with Crippen molar-refractivity contribution in [1.29, 1.82) is 0 Å². The number of aliphatic carboxylic acids is 1. The summed E-state index contributed by atoms with van der Waals surface area (Å²) in [6.07, 6.45) is 0.255. The van der Waals surface area contributed by atoms with Crippen LogP contribution in [0.2, 0.25) is 0 Å². The van der Waals surface area contributed by atoms with E-state index in [1.165, 1.54) is 20.2 Å². The maximum absolute atomic E-state index is 12.0. The van der Waals surface area contributed by atoms with Gasteiger partial charge in [-0.2, -0.15) is 0 Å². The summed E-state index contributed by atoms with van der Waals surface area (Å²) in [5.41, 5.74) is 0. The number of amides is 1. The number of sulfonamides is 1. The van der Waals surface area contributed by atoms with Crippen molar-refractivity contribution in [2.45, 2.75) is 31.4 Å². The van der Waals surface area contributed by atoms with Crippen molar-refractivity contribution < 1.29 is 27.5 Å². The molecule has 0 saturated carbocycles. The Balaban J connectivity index is 2.91. The summed E-state index contributed by atoms with van der Waals surface area (Å²) < 4.78 is 29.7. The molecule has 2 N–H and O–H groups in total. The summed E-state index contributed by atoms with van der Waals surface area (Å²) in [6, 6.07) is 1.29. The molecule has 1 aromatic heterocycles. The van der Waals surface area contributed by atoms with Gasteiger partial charge in [0.15, 0.2) is 5.76 Å². The van der Waals surface area contributed by atoms with Gasteiger partial charge < -0.3 is 14.8 Å². The minimum atomic E-state index is -3.78. The van der Waals surface area contributed by atoms with Gasteiger partial charge in [-0.25, -0.2) is 17.5 Å². The van der Waals surface area contributed by atoms with Crippen LogP contribution in [-0.2, 0) is 14.8 Å². The topological polar surface area (TPSA) is 117 Å². The van der Waals surface area contributed by atoms with E-state index in [2.05, 4.69) is 5.32 Å². The second-order valence-electron chi connectivity index (χ2n) is 5.40. The number of carboxylic acid groups (broad SMARTS) is 1. The first kappa shape index (κ1) is 18.2. The Morgan fingerprint density at radius 1 is 1.32 bits per heavy atom. The van der Waals surface area contributed by atoms with Crippen LogP contribution in [0.1, 0.15) is 30.8 Å². The Kier molecular flexibility index (Phi) is 5.72. The van der Waals surface area contributed by atoms with Crippen molar-refractivity contribution >= 4 is 21.9 Å². The number of nitrogens with one attached hydrogen (secondary N) is 1. The van der Waals surface area contributed by atoms with Gasteiger partial charge in [-0.3, -0.25) is 4.79 Å². The summed E-state index contributed by atoms with van der Waals surface area (Å²) in [5.74, 6) is -2.11. The predicted molar refractivity (Wildman–Crippen MR) is 77.9 cm³/mol. The molecule has 0 spiro atoms. The SMILES string of the molecule is CC(C)C[C@@H](NC(=O)c1ccc(S(=O)(=O)N(C)C)o1)C(=O)O. The molecule has 0 aromatic carbocycles. The number of carbonyl (C=O) groups excluding carboxylic acids is 1. The van der Waals surface area contributed by atoms with E-state index in [0.717, 1.165) is 10.4 Å². The lowest BCUT2D eigenvalue weighted by Gasteiger charge is -2.15. The molecule has 1 aromatic rings. The maximum Gasteiger partial charge on any atom is 0.326 e. The first-order chi connectivity index (χ1) is 10.1. The Labute approximate surface area is 129 Å². The van der Waals surface area contributed by atoms with E-state index in [1.54, 1.807) is 0 Å². The normalized spacial score (nSPS) is 13.4. The third kappa shape index (κ3) is 4.31. The Hall–Kier alpha value is -1.87. The Morgan fingerprint density at radius 2 is 1.91 bits per heavy atom. The van der Waals surface area contributed by atoms with Gasteiger partial charge in [0.2, 0.25) is 5.09 Å². The minimum absolute atomic E-state index is 0.0719. The Bertz CT molecular complexity index is 647. The second-order valence-corrected chi connectivity index (χ2v) is 7.48. The van der Waals surface area contributed by atoms with Gasteiger partial charge >= 0.3 is 5.97 Å². The van der Waals surface area contributed by atoms with E-state index in [4.69, 9.17) is 9.52 Å². The summed E-state index contributed by atoms with van der Waals surface area (Å²) in [5, 5.41) is 11.0. The van der Waals surface area contributed by atoms with Gasteiger partial charge in [0.25, 0.3) is 15.9 Å². The molecule has 0 radical (unpaired) electrons. The van der Waals surface area contributed by atoms with Gasteiger partial charge in [-0.1, -0.05) is 13.8 Å². The van der Waals surface area contributed by atoms with Crippen LogP contribution >= 0.6 is 0 Å². The standard InChI is InChI=1S/C13H20N2O6S/c1-8(2)7-9(13(17)18)14-12(16)10-5-6-11(21-10)22(19,20)15(3)4/h5-6,8-9H,7H2,1-4H3,(H,14,16)(H,17,18)/t9-/m1/s1. The summed E-state index contributed by atoms with van der Waals surface area (Å²) in [7, 11) is -1.11. The fraction of sp³-hybridized carbons (Fsp3) is 0.538. The van der Waals surface area contributed by atoms with Crippen LogP contribution in [0.4, 0.5) is 0 Å². The molecule has 0 bridgehead atoms. The second kappa shape index (κ2) is 6.93. The molecule has 8 nitrogen and oxygen atoms in total. The molecule has 1 heterocycles. The molecule has 22 heavy (non-hydrogen) atoms. The lowest BCUT2D eigenvalue weighted by Crippen LogP contribution is -2.41. The first-order valence-corrected chi connectivity index (χ1v) is 8.05. The molecule has 1 atom stereocenters. The molecule has 0 fully saturated rings. The molecule has 0 unspecified atom stereocenters. The van der Waals surface area contributed by atoms with Crippen LogP contribution in [0.3, 0.4) is 0 Å². The van der Waals surface area contributed by atoms with E-state index in [-0.39, 0.29) is 23.2 Å². The fourth-order valence-electron chi connectivity index (χ4n) is 1.68. The predicted octanol–water partition coefficient (Wildman–Crippen LogP) is 0.759. The van der Waals surface area contributed by atoms with Crippen molar-refractivity contribution in [2.24, 2.45) is 5.92 Å². The number of hydrogen-bond acceptors (Lipinski definition) is 5. The monoisotopic (exact) mass is 332 g/mol. The van der Waals surface area contributed by atoms with Crippen LogP contribution in [0.15, 0.2) is 21.6 Å². The van der Waals surface area contributed by atoms with Crippen molar-refractivity contribution in [1.82, 2.24) is 9.62 Å². The van der Waals surface area contributed by atoms with Crippen LogP contribution in [0.25, 0.3) is 0 Å². The fourth-order valence-corrected chi connectivity index (χ4v) is 2.48. The average molecular weight is 332 g/mol. The van der Waals surface area contributed by atoms with Crippen LogP contribution in [-0.4, -0.2) is 49.8 Å². The highest BCUT2D eigenvalue weighted by Gasteiger charge is 2.26. The highest BCUT2D eigenvalue weighted by molar-refractivity contribution is 7.88. The molecule has 0 saturated heterocycles. The summed E-state index contributed by atoms with van der Waals surface area (Å²) in [4.78, 5) is 23.1. The average Bonchev–Trinajstić information content (AvgIpc) is 2.87. The molecule has 124 valence electrons. The molecule has 1 rings (SSSR count). The third-order valence-corrected chi connectivity index (χ3v) is 4.54.